The van der Waals surface area contributed by atoms with Gasteiger partial charge in [0.15, 0.2) is 4.90 Å². The Bertz CT molecular complexity index is 1050. The van der Waals surface area contributed by atoms with E-state index in [1.54, 1.807) is 26.8 Å². The zero-order chi connectivity index (χ0) is 22.7. The lowest BCUT2D eigenvalue weighted by Crippen LogP contribution is -2.41. The van der Waals surface area contributed by atoms with Crippen molar-refractivity contribution in [1.82, 2.24) is 9.44 Å². The Labute approximate surface area is 185 Å². The van der Waals surface area contributed by atoms with E-state index in [0.717, 1.165) is 12.1 Å². The van der Waals surface area contributed by atoms with Crippen molar-refractivity contribution in [2.75, 3.05) is 6.54 Å². The molecule has 0 aliphatic rings. The van der Waals surface area contributed by atoms with Crippen molar-refractivity contribution in [3.63, 3.8) is 0 Å². The first-order chi connectivity index (χ1) is 13.8. The van der Waals surface area contributed by atoms with E-state index < -0.39 is 53.1 Å². The lowest BCUT2D eigenvalue weighted by Gasteiger charge is -2.25. The SMILES string of the molecule is CC(C)(C)[S@](=O)N[C@H](CNS(=O)(=O)c1ccccc1[N+](=O)[O-])c1cc(F)cc(Br)c1. The summed E-state index contributed by atoms with van der Waals surface area (Å²) >= 11 is 3.18. The van der Waals surface area contributed by atoms with E-state index in [4.69, 9.17) is 0 Å². The molecule has 0 bridgehead atoms. The predicted molar refractivity (Wildman–Crippen MR) is 116 cm³/mol. The zero-order valence-electron chi connectivity index (χ0n) is 16.4. The summed E-state index contributed by atoms with van der Waals surface area (Å²) in [6.07, 6.45) is 0. The number of benzene rings is 2. The molecule has 2 rings (SSSR count). The standard InChI is InChI=1S/C18H21BrFN3O5S2/c1-18(2,3)29(26)22-15(12-8-13(19)10-14(20)9-12)11-21-30(27,28)17-7-5-4-6-16(17)23(24)25/h4-10,15,21-22H,11H2,1-3H3/t15-,29+/m1/s1. The number of halogens is 2. The molecule has 0 aromatic heterocycles. The number of rotatable bonds is 8. The number of para-hydroxylation sites is 1. The minimum Gasteiger partial charge on any atom is -0.258 e. The van der Waals surface area contributed by atoms with Crippen LogP contribution in [0.1, 0.15) is 32.4 Å². The summed E-state index contributed by atoms with van der Waals surface area (Å²) in [5, 5.41) is 11.2. The molecule has 0 unspecified atom stereocenters. The molecule has 164 valence electrons. The van der Waals surface area contributed by atoms with E-state index in [0.29, 0.717) is 10.0 Å². The minimum atomic E-state index is -4.27. The van der Waals surface area contributed by atoms with Crippen LogP contribution in [0.3, 0.4) is 0 Å². The van der Waals surface area contributed by atoms with Crippen LogP contribution in [0.5, 0.6) is 0 Å². The van der Waals surface area contributed by atoms with Crippen LogP contribution < -0.4 is 9.44 Å². The number of hydrogen-bond acceptors (Lipinski definition) is 5. The number of nitro groups is 1. The fourth-order valence-electron chi connectivity index (χ4n) is 2.42. The van der Waals surface area contributed by atoms with E-state index in [1.165, 1.54) is 24.3 Å². The fraction of sp³-hybridized carbons (Fsp3) is 0.333. The molecular weight excluding hydrogens is 501 g/mol. The van der Waals surface area contributed by atoms with Crippen LogP contribution in [0.4, 0.5) is 10.1 Å². The fourth-order valence-corrected chi connectivity index (χ4v) is 4.95. The maximum absolute atomic E-state index is 13.9. The Morgan fingerprint density at radius 1 is 1.23 bits per heavy atom. The van der Waals surface area contributed by atoms with Gasteiger partial charge in [-0.15, -0.1) is 0 Å². The van der Waals surface area contributed by atoms with Gasteiger partial charge in [0, 0.05) is 17.1 Å². The summed E-state index contributed by atoms with van der Waals surface area (Å²) in [4.78, 5) is 9.89. The van der Waals surface area contributed by atoms with Gasteiger partial charge in [-0.25, -0.2) is 26.5 Å². The largest absolute Gasteiger partial charge is 0.289 e. The number of nitro benzene ring substituents is 1. The molecule has 8 nitrogen and oxygen atoms in total. The van der Waals surface area contributed by atoms with E-state index >= 15 is 0 Å². The highest BCUT2D eigenvalue weighted by molar-refractivity contribution is 9.10. The molecule has 0 saturated carbocycles. The summed E-state index contributed by atoms with van der Waals surface area (Å²) in [6.45, 7) is 4.87. The Kier molecular flexibility index (Phi) is 7.85. The van der Waals surface area contributed by atoms with Gasteiger partial charge in [0.05, 0.1) is 26.7 Å². The number of nitrogens with zero attached hydrogens (tertiary/aromatic N) is 1. The monoisotopic (exact) mass is 521 g/mol. The van der Waals surface area contributed by atoms with Crippen molar-refractivity contribution in [3.05, 3.63) is 68.4 Å². The van der Waals surface area contributed by atoms with Gasteiger partial charge in [-0.2, -0.15) is 0 Å². The third kappa shape index (κ3) is 6.38. The second-order valence-electron chi connectivity index (χ2n) is 7.33. The third-order valence-electron chi connectivity index (χ3n) is 3.92. The summed E-state index contributed by atoms with van der Waals surface area (Å²) in [6, 6.07) is 8.07. The van der Waals surface area contributed by atoms with Gasteiger partial charge in [0.2, 0.25) is 10.0 Å². The third-order valence-corrected chi connectivity index (χ3v) is 7.46. The van der Waals surface area contributed by atoms with Gasteiger partial charge in [-0.3, -0.25) is 10.1 Å². The number of hydrogen-bond donors (Lipinski definition) is 2. The summed E-state index contributed by atoms with van der Waals surface area (Å²) < 4.78 is 56.8. The first-order valence-corrected chi connectivity index (χ1v) is 12.1. The van der Waals surface area contributed by atoms with E-state index in [9.17, 15) is 27.1 Å². The topological polar surface area (TPSA) is 118 Å². The highest BCUT2D eigenvalue weighted by atomic mass is 79.9. The minimum absolute atomic E-state index is 0.313. The van der Waals surface area contributed by atoms with Gasteiger partial charge in [0.1, 0.15) is 5.82 Å². The molecule has 30 heavy (non-hydrogen) atoms. The lowest BCUT2D eigenvalue weighted by molar-refractivity contribution is -0.387. The highest BCUT2D eigenvalue weighted by Crippen LogP contribution is 2.25. The average molecular weight is 522 g/mol. The van der Waals surface area contributed by atoms with Crippen molar-refractivity contribution in [2.45, 2.75) is 36.5 Å². The highest BCUT2D eigenvalue weighted by Gasteiger charge is 2.28. The first-order valence-electron chi connectivity index (χ1n) is 8.68. The Balaban J connectivity index is 2.36. The molecule has 2 aromatic carbocycles. The molecule has 0 spiro atoms. The Hall–Kier alpha value is -1.73. The maximum Gasteiger partial charge on any atom is 0.289 e. The average Bonchev–Trinajstić information content (AvgIpc) is 2.63. The molecular formula is C18H21BrFN3O5S2. The molecule has 0 aliphatic carbocycles. The number of sulfonamides is 1. The molecule has 0 heterocycles. The van der Waals surface area contributed by atoms with Crippen molar-refractivity contribution >= 4 is 42.6 Å². The molecule has 12 heteroatoms. The van der Waals surface area contributed by atoms with Crippen molar-refractivity contribution in [1.29, 1.82) is 0 Å². The Morgan fingerprint density at radius 3 is 2.43 bits per heavy atom. The Morgan fingerprint density at radius 2 is 1.87 bits per heavy atom. The smallest absolute Gasteiger partial charge is 0.258 e. The molecule has 0 fully saturated rings. The normalized spacial score (nSPS) is 14.3. The van der Waals surface area contributed by atoms with Crippen LogP contribution in [0.25, 0.3) is 0 Å². The van der Waals surface area contributed by atoms with E-state index in [1.807, 2.05) is 0 Å². The number of nitrogens with one attached hydrogen (secondary N) is 2. The molecule has 0 radical (unpaired) electrons. The van der Waals surface area contributed by atoms with Gasteiger partial charge >= 0.3 is 0 Å². The maximum atomic E-state index is 13.9. The predicted octanol–water partition coefficient (Wildman–Crippen LogP) is 3.57. The second kappa shape index (κ2) is 9.60. The summed E-state index contributed by atoms with van der Waals surface area (Å²) in [5.41, 5.74) is -0.217. The van der Waals surface area contributed by atoms with Gasteiger partial charge in [0.25, 0.3) is 5.69 Å². The van der Waals surface area contributed by atoms with E-state index in [-0.39, 0.29) is 6.54 Å². The molecule has 0 amide bonds. The van der Waals surface area contributed by atoms with Crippen molar-refractivity contribution < 1.29 is 21.9 Å². The lowest BCUT2D eigenvalue weighted by atomic mass is 10.1. The summed E-state index contributed by atoms with van der Waals surface area (Å²) in [5.74, 6) is -0.561. The van der Waals surface area contributed by atoms with E-state index in [2.05, 4.69) is 25.4 Å². The van der Waals surface area contributed by atoms with Crippen molar-refractivity contribution in [2.24, 2.45) is 0 Å². The molecule has 2 atom stereocenters. The van der Waals surface area contributed by atoms with Crippen LogP contribution in [0.2, 0.25) is 0 Å². The van der Waals surface area contributed by atoms with Gasteiger partial charge in [-0.1, -0.05) is 28.1 Å². The van der Waals surface area contributed by atoms with Crippen molar-refractivity contribution in [3.8, 4) is 0 Å². The van der Waals surface area contributed by atoms with Crippen LogP contribution in [-0.4, -0.2) is 28.8 Å². The second-order valence-corrected chi connectivity index (χ2v) is 12.0. The van der Waals surface area contributed by atoms with Crippen LogP contribution in [0.15, 0.2) is 51.8 Å². The van der Waals surface area contributed by atoms with Gasteiger partial charge < -0.3 is 0 Å². The van der Waals surface area contributed by atoms with Crippen LogP contribution >= 0.6 is 15.9 Å². The molecule has 2 aromatic rings. The molecule has 0 aliphatic heterocycles. The van der Waals surface area contributed by atoms with Gasteiger partial charge in [-0.05, 0) is 50.6 Å². The molecule has 0 saturated heterocycles. The first kappa shape index (κ1) is 24.5. The van der Waals surface area contributed by atoms with Crippen LogP contribution in [-0.2, 0) is 21.0 Å². The quantitative estimate of drug-likeness (QED) is 0.406. The summed E-state index contributed by atoms with van der Waals surface area (Å²) in [7, 11) is -5.86. The zero-order valence-corrected chi connectivity index (χ0v) is 19.6. The van der Waals surface area contributed by atoms with Crippen LogP contribution in [0, 0.1) is 15.9 Å². The molecule has 2 N–H and O–H groups in total.